The summed E-state index contributed by atoms with van der Waals surface area (Å²) in [6, 6.07) is 11.2. The lowest BCUT2D eigenvalue weighted by Gasteiger charge is -2.12. The van der Waals surface area contributed by atoms with E-state index in [1.165, 1.54) is 6.07 Å². The van der Waals surface area contributed by atoms with Crippen LogP contribution in [0, 0.1) is 5.82 Å². The van der Waals surface area contributed by atoms with E-state index >= 15 is 0 Å². The molecule has 0 bridgehead atoms. The molecule has 0 amide bonds. The topological polar surface area (TPSA) is 19.0 Å². The number of nitrogens with zero attached hydrogens (tertiary/aromatic N) is 1. The quantitative estimate of drug-likeness (QED) is 0.615. The van der Waals surface area contributed by atoms with E-state index in [-0.39, 0.29) is 10.8 Å². The molecule has 0 aliphatic carbocycles. The van der Waals surface area contributed by atoms with Gasteiger partial charge in [-0.15, -0.1) is 12.6 Å². The van der Waals surface area contributed by atoms with Crippen LogP contribution >= 0.6 is 24.2 Å². The maximum Gasteiger partial charge on any atom is 0.142 e. The summed E-state index contributed by atoms with van der Waals surface area (Å²) in [6.07, 6.45) is 1.52. The monoisotopic (exact) mass is 362 g/mol. The Morgan fingerprint density at radius 1 is 1.17 bits per heavy atom. The summed E-state index contributed by atoms with van der Waals surface area (Å²) in [5.41, 5.74) is 4.16. The Balaban J connectivity index is 2.10. The van der Waals surface area contributed by atoms with Gasteiger partial charge in [0.05, 0.1) is 5.02 Å². The first-order valence-electron chi connectivity index (χ1n) is 7.86. The number of aromatic nitrogens is 1. The first-order valence-corrected chi connectivity index (χ1v) is 8.69. The number of likely N-dealkylation sites (N-methyl/N-ethyl adjacent to an activating group) is 1. The summed E-state index contributed by atoms with van der Waals surface area (Å²) >= 11 is 10.8. The van der Waals surface area contributed by atoms with Gasteiger partial charge in [0.15, 0.2) is 0 Å². The van der Waals surface area contributed by atoms with Crippen molar-refractivity contribution < 1.29 is 4.39 Å². The highest BCUT2D eigenvalue weighted by Crippen LogP contribution is 2.33. The molecule has 0 radical (unpaired) electrons. The molecule has 0 aliphatic rings. The molecule has 1 heterocycles. The van der Waals surface area contributed by atoms with Crippen molar-refractivity contribution in [3.63, 3.8) is 0 Å². The maximum absolute atomic E-state index is 14.0. The van der Waals surface area contributed by atoms with E-state index in [0.717, 1.165) is 52.0 Å². The first-order chi connectivity index (χ1) is 11.5. The average Bonchev–Trinajstić information content (AvgIpc) is 2.89. The summed E-state index contributed by atoms with van der Waals surface area (Å²) in [5, 5.41) is 0.994. The Kier molecular flexibility index (Phi) is 5.18. The van der Waals surface area contributed by atoms with Crippen LogP contribution < -0.4 is 0 Å². The van der Waals surface area contributed by atoms with Gasteiger partial charge in [-0.1, -0.05) is 29.8 Å². The highest BCUT2D eigenvalue weighted by Gasteiger charge is 2.17. The Hall–Kier alpha value is -1.49. The Bertz CT molecular complexity index is 873. The standard InChI is InChI=1S/C19H20ClFN2S/c1-23(2)10-9-13-16(11-12-5-3-4-6-17(12)24)22-15-8-7-14(21)19(20)18(13)15/h3-8,22,24H,9-11H2,1-2H3. The number of fused-ring (bicyclic) bond motifs is 1. The van der Waals surface area contributed by atoms with Crippen molar-refractivity contribution in [2.45, 2.75) is 17.7 Å². The lowest BCUT2D eigenvalue weighted by molar-refractivity contribution is 0.413. The minimum Gasteiger partial charge on any atom is -0.358 e. The number of hydrogen-bond donors (Lipinski definition) is 2. The minimum atomic E-state index is -0.379. The molecular weight excluding hydrogens is 343 g/mol. The Morgan fingerprint density at radius 2 is 1.92 bits per heavy atom. The van der Waals surface area contributed by atoms with E-state index in [2.05, 4.69) is 28.6 Å². The molecule has 0 aliphatic heterocycles. The van der Waals surface area contributed by atoms with Crippen LogP contribution in [0.25, 0.3) is 10.9 Å². The average molecular weight is 363 g/mol. The molecule has 24 heavy (non-hydrogen) atoms. The number of H-pyrrole nitrogens is 1. The number of hydrogen-bond acceptors (Lipinski definition) is 2. The van der Waals surface area contributed by atoms with Gasteiger partial charge < -0.3 is 9.88 Å². The summed E-state index contributed by atoms with van der Waals surface area (Å²) in [5.74, 6) is -0.379. The largest absolute Gasteiger partial charge is 0.358 e. The number of benzene rings is 2. The fourth-order valence-corrected chi connectivity index (χ4v) is 3.47. The fourth-order valence-electron chi connectivity index (χ4n) is 2.95. The van der Waals surface area contributed by atoms with Gasteiger partial charge in [-0.3, -0.25) is 0 Å². The maximum atomic E-state index is 14.0. The molecular formula is C19H20ClFN2S. The van der Waals surface area contributed by atoms with Gasteiger partial charge in [-0.05, 0) is 49.8 Å². The molecule has 5 heteroatoms. The predicted molar refractivity (Wildman–Crippen MR) is 102 cm³/mol. The summed E-state index contributed by atoms with van der Waals surface area (Å²) in [4.78, 5) is 6.49. The molecule has 3 rings (SSSR count). The van der Waals surface area contributed by atoms with Crippen LogP contribution in [-0.4, -0.2) is 30.5 Å². The highest BCUT2D eigenvalue weighted by atomic mass is 35.5. The van der Waals surface area contributed by atoms with Crippen LogP contribution in [0.2, 0.25) is 5.02 Å². The summed E-state index contributed by atoms with van der Waals surface area (Å²) in [6.45, 7) is 0.870. The van der Waals surface area contributed by atoms with Crippen LogP contribution in [0.1, 0.15) is 16.8 Å². The fraction of sp³-hybridized carbons (Fsp3) is 0.263. The molecule has 0 unspecified atom stereocenters. The van der Waals surface area contributed by atoms with Gasteiger partial charge in [0.2, 0.25) is 0 Å². The molecule has 0 saturated heterocycles. The van der Waals surface area contributed by atoms with Crippen molar-refractivity contribution in [2.24, 2.45) is 0 Å². The lowest BCUT2D eigenvalue weighted by atomic mass is 10.0. The third-order valence-corrected chi connectivity index (χ3v) is 5.02. The van der Waals surface area contributed by atoms with Crippen molar-refractivity contribution in [1.82, 2.24) is 9.88 Å². The van der Waals surface area contributed by atoms with Crippen molar-refractivity contribution in [3.8, 4) is 0 Å². The van der Waals surface area contributed by atoms with Gasteiger partial charge >= 0.3 is 0 Å². The molecule has 126 valence electrons. The van der Waals surface area contributed by atoms with Crippen molar-refractivity contribution in [2.75, 3.05) is 20.6 Å². The number of rotatable bonds is 5. The van der Waals surface area contributed by atoms with Gasteiger partial charge in [-0.2, -0.15) is 0 Å². The number of halogens is 2. The molecule has 3 aromatic rings. The van der Waals surface area contributed by atoms with Crippen molar-refractivity contribution in [1.29, 1.82) is 0 Å². The van der Waals surface area contributed by atoms with Crippen molar-refractivity contribution >= 4 is 35.1 Å². The second kappa shape index (κ2) is 7.18. The van der Waals surface area contributed by atoms with E-state index < -0.39 is 0 Å². The normalized spacial score (nSPS) is 11.6. The van der Waals surface area contributed by atoms with E-state index in [1.807, 2.05) is 32.3 Å². The molecule has 0 fully saturated rings. The van der Waals surface area contributed by atoms with Crippen LogP contribution in [0.4, 0.5) is 4.39 Å². The molecule has 2 nitrogen and oxygen atoms in total. The predicted octanol–water partition coefficient (Wildman–Crippen LogP) is 4.94. The summed E-state index contributed by atoms with van der Waals surface area (Å²) in [7, 11) is 4.06. The zero-order valence-corrected chi connectivity index (χ0v) is 15.4. The van der Waals surface area contributed by atoms with E-state index in [9.17, 15) is 4.39 Å². The highest BCUT2D eigenvalue weighted by molar-refractivity contribution is 7.80. The Morgan fingerprint density at radius 3 is 2.62 bits per heavy atom. The Labute approximate surface area is 152 Å². The first kappa shape index (κ1) is 17.3. The minimum absolute atomic E-state index is 0.197. The van der Waals surface area contributed by atoms with Gasteiger partial charge in [0.25, 0.3) is 0 Å². The molecule has 1 N–H and O–H groups in total. The smallest absolute Gasteiger partial charge is 0.142 e. The van der Waals surface area contributed by atoms with Gasteiger partial charge in [-0.25, -0.2) is 4.39 Å². The number of nitrogens with one attached hydrogen (secondary N) is 1. The second-order valence-corrected chi connectivity index (χ2v) is 7.08. The van der Waals surface area contributed by atoms with Crippen LogP contribution in [-0.2, 0) is 12.8 Å². The molecule has 2 aromatic carbocycles. The molecule has 0 saturated carbocycles. The SMILES string of the molecule is CN(C)CCc1c(Cc2ccccc2S)[nH]c2ccc(F)c(Cl)c12. The van der Waals surface area contributed by atoms with E-state index in [1.54, 1.807) is 6.07 Å². The van der Waals surface area contributed by atoms with Gasteiger partial charge in [0.1, 0.15) is 5.82 Å². The van der Waals surface area contributed by atoms with Crippen LogP contribution in [0.3, 0.4) is 0 Å². The zero-order chi connectivity index (χ0) is 17.3. The van der Waals surface area contributed by atoms with Crippen molar-refractivity contribution in [3.05, 3.63) is 64.1 Å². The number of aromatic amines is 1. The van der Waals surface area contributed by atoms with Crippen LogP contribution in [0.15, 0.2) is 41.3 Å². The summed E-state index contributed by atoms with van der Waals surface area (Å²) < 4.78 is 14.0. The van der Waals surface area contributed by atoms with Gasteiger partial charge in [0, 0.05) is 34.5 Å². The van der Waals surface area contributed by atoms with E-state index in [0.29, 0.717) is 0 Å². The molecule has 1 aromatic heterocycles. The van der Waals surface area contributed by atoms with E-state index in [4.69, 9.17) is 11.6 Å². The molecule has 0 atom stereocenters. The zero-order valence-electron chi connectivity index (χ0n) is 13.7. The second-order valence-electron chi connectivity index (χ2n) is 6.22. The third-order valence-electron chi connectivity index (χ3n) is 4.21. The number of thiol groups is 1. The van der Waals surface area contributed by atoms with Crippen LogP contribution in [0.5, 0.6) is 0 Å². The molecule has 0 spiro atoms. The third kappa shape index (κ3) is 3.46. The lowest BCUT2D eigenvalue weighted by Crippen LogP contribution is -2.15.